The van der Waals surface area contributed by atoms with Gasteiger partial charge in [-0.25, -0.2) is 14.2 Å². The van der Waals surface area contributed by atoms with Gasteiger partial charge in [-0.1, -0.05) is 65.1 Å². The minimum absolute atomic E-state index is 0.0473. The summed E-state index contributed by atoms with van der Waals surface area (Å²) in [7, 11) is 0. The van der Waals surface area contributed by atoms with Gasteiger partial charge >= 0.3 is 5.97 Å². The smallest absolute Gasteiger partial charge is 0.342 e. The average Bonchev–Trinajstić information content (AvgIpc) is 2.74. The van der Waals surface area contributed by atoms with Crippen LogP contribution in [0.3, 0.4) is 0 Å². The molecule has 0 atom stereocenters. The third-order valence-corrected chi connectivity index (χ3v) is 5.80. The van der Waals surface area contributed by atoms with Crippen LogP contribution in [0, 0.1) is 17.1 Å². The van der Waals surface area contributed by atoms with E-state index in [9.17, 15) is 10.1 Å². The molecule has 3 aromatic carbocycles. The van der Waals surface area contributed by atoms with Crippen molar-refractivity contribution in [3.63, 3.8) is 0 Å². The van der Waals surface area contributed by atoms with E-state index < -0.39 is 11.8 Å². The molecule has 0 radical (unpaired) electrons. The van der Waals surface area contributed by atoms with Crippen LogP contribution >= 0.6 is 34.8 Å². The number of pyridine rings is 1. The van der Waals surface area contributed by atoms with Crippen LogP contribution in [0.15, 0.2) is 42.5 Å². The maximum Gasteiger partial charge on any atom is 0.342 e. The van der Waals surface area contributed by atoms with Crippen LogP contribution in [0.5, 0.6) is 0 Å². The van der Waals surface area contributed by atoms with E-state index in [2.05, 4.69) is 11.1 Å². The van der Waals surface area contributed by atoms with Crippen molar-refractivity contribution in [2.75, 3.05) is 6.61 Å². The van der Waals surface area contributed by atoms with Gasteiger partial charge in [-0.05, 0) is 30.0 Å². The molecule has 0 unspecified atom stereocenters. The molecule has 0 N–H and O–H groups in total. The van der Waals surface area contributed by atoms with E-state index in [1.54, 1.807) is 31.2 Å². The third-order valence-electron chi connectivity index (χ3n) is 4.84. The Morgan fingerprint density at radius 1 is 1.19 bits per heavy atom. The second-order valence-electron chi connectivity index (χ2n) is 6.58. The van der Waals surface area contributed by atoms with Crippen molar-refractivity contribution in [1.29, 1.82) is 5.26 Å². The number of rotatable bonds is 3. The zero-order valence-electron chi connectivity index (χ0n) is 16.0. The minimum Gasteiger partial charge on any atom is -0.462 e. The number of benzene rings is 3. The van der Waals surface area contributed by atoms with Crippen molar-refractivity contribution in [2.45, 2.75) is 6.92 Å². The number of nitriles is 1. The molecule has 0 saturated carbocycles. The highest BCUT2D eigenvalue weighted by molar-refractivity contribution is 6.43. The quantitative estimate of drug-likeness (QED) is 0.233. The summed E-state index contributed by atoms with van der Waals surface area (Å²) in [5.74, 6) is -1.53. The molecular weight excluding hydrogens is 462 g/mol. The molecule has 154 valence electrons. The fourth-order valence-electron chi connectivity index (χ4n) is 3.53. The van der Waals surface area contributed by atoms with Gasteiger partial charge in [0.1, 0.15) is 16.2 Å². The lowest BCUT2D eigenvalue weighted by atomic mass is 9.93. The number of hydrogen-bond acceptors (Lipinski definition) is 4. The van der Waals surface area contributed by atoms with Gasteiger partial charge in [0, 0.05) is 16.3 Å². The Morgan fingerprint density at radius 3 is 2.58 bits per heavy atom. The molecule has 4 aromatic rings. The molecule has 8 heteroatoms. The topological polar surface area (TPSA) is 63.0 Å². The van der Waals surface area contributed by atoms with Gasteiger partial charge in [0.25, 0.3) is 0 Å². The first-order valence-electron chi connectivity index (χ1n) is 9.15. The van der Waals surface area contributed by atoms with Crippen LogP contribution in [-0.4, -0.2) is 17.6 Å². The van der Waals surface area contributed by atoms with E-state index in [1.165, 1.54) is 6.07 Å². The maximum atomic E-state index is 15.8. The molecule has 0 spiro atoms. The van der Waals surface area contributed by atoms with Gasteiger partial charge < -0.3 is 4.74 Å². The number of hydrogen-bond donors (Lipinski definition) is 0. The molecule has 31 heavy (non-hydrogen) atoms. The number of carbonyl (C=O) groups is 1. The summed E-state index contributed by atoms with van der Waals surface area (Å²) in [4.78, 5) is 16.3. The van der Waals surface area contributed by atoms with E-state index in [1.807, 2.05) is 12.1 Å². The zero-order chi connectivity index (χ0) is 22.3. The predicted molar refractivity (Wildman–Crippen MR) is 120 cm³/mol. The lowest BCUT2D eigenvalue weighted by Crippen LogP contribution is -2.08. The van der Waals surface area contributed by atoms with E-state index in [0.29, 0.717) is 16.5 Å². The van der Waals surface area contributed by atoms with Crippen molar-refractivity contribution in [1.82, 2.24) is 4.98 Å². The Labute approximate surface area is 191 Å². The Kier molecular flexibility index (Phi) is 5.72. The standard InChI is InChI=1S/C23H12Cl3FN2O2/c1-2-31-23(30)18-19(25)14-9-15(24)17(20(27)21(14)29-22(18)26)13-8-4-6-11-5-3-7-12(10-28)16(11)13/h3-9H,2H2,1H3. The molecular formula is C23H12Cl3FN2O2. The number of nitrogens with zero attached hydrogens (tertiary/aromatic N) is 2. The second-order valence-corrected chi connectivity index (χ2v) is 7.72. The van der Waals surface area contributed by atoms with Crippen molar-refractivity contribution < 1.29 is 13.9 Å². The second kappa shape index (κ2) is 8.32. The van der Waals surface area contributed by atoms with Crippen LogP contribution in [0.2, 0.25) is 15.2 Å². The summed E-state index contributed by atoms with van der Waals surface area (Å²) in [5.41, 5.74) is 0.575. The lowest BCUT2D eigenvalue weighted by molar-refractivity contribution is 0.0526. The molecule has 1 aromatic heterocycles. The van der Waals surface area contributed by atoms with E-state index in [4.69, 9.17) is 39.5 Å². The Morgan fingerprint density at radius 2 is 1.90 bits per heavy atom. The van der Waals surface area contributed by atoms with Gasteiger partial charge in [0.05, 0.1) is 28.3 Å². The normalized spacial score (nSPS) is 11.0. The molecule has 0 saturated heterocycles. The van der Waals surface area contributed by atoms with Crippen molar-refractivity contribution in [3.05, 3.63) is 74.6 Å². The summed E-state index contributed by atoms with van der Waals surface area (Å²) in [5, 5.41) is 10.7. The van der Waals surface area contributed by atoms with Gasteiger partial charge in [-0.15, -0.1) is 0 Å². The van der Waals surface area contributed by atoms with Gasteiger partial charge in [-0.2, -0.15) is 5.26 Å². The number of esters is 1. The summed E-state index contributed by atoms with van der Waals surface area (Å²) in [6.45, 7) is 1.75. The molecule has 0 aliphatic heterocycles. The first-order chi connectivity index (χ1) is 14.9. The van der Waals surface area contributed by atoms with Gasteiger partial charge in [0.2, 0.25) is 0 Å². The van der Waals surface area contributed by atoms with E-state index in [-0.39, 0.29) is 43.8 Å². The van der Waals surface area contributed by atoms with Crippen molar-refractivity contribution in [2.24, 2.45) is 0 Å². The zero-order valence-corrected chi connectivity index (χ0v) is 18.2. The predicted octanol–water partition coefficient (Wildman–Crippen LogP) is 7.20. The average molecular weight is 474 g/mol. The number of aromatic nitrogens is 1. The van der Waals surface area contributed by atoms with E-state index in [0.717, 1.165) is 5.39 Å². The Bertz CT molecular complexity index is 1430. The molecule has 0 aliphatic rings. The molecule has 4 rings (SSSR count). The molecule has 4 nitrogen and oxygen atoms in total. The fraction of sp³-hybridized carbons (Fsp3) is 0.0870. The largest absolute Gasteiger partial charge is 0.462 e. The van der Waals surface area contributed by atoms with Crippen LogP contribution in [0.4, 0.5) is 4.39 Å². The summed E-state index contributed by atoms with van der Waals surface area (Å²) in [6.07, 6.45) is 0. The van der Waals surface area contributed by atoms with Crippen LogP contribution in [-0.2, 0) is 4.74 Å². The van der Waals surface area contributed by atoms with Gasteiger partial charge in [0.15, 0.2) is 5.82 Å². The van der Waals surface area contributed by atoms with E-state index >= 15 is 4.39 Å². The summed E-state index contributed by atoms with van der Waals surface area (Å²) >= 11 is 19.0. The highest BCUT2D eigenvalue weighted by Gasteiger charge is 2.25. The number of carbonyl (C=O) groups excluding carboxylic acids is 1. The van der Waals surface area contributed by atoms with Gasteiger partial charge in [-0.3, -0.25) is 0 Å². The van der Waals surface area contributed by atoms with Crippen LogP contribution in [0.1, 0.15) is 22.8 Å². The highest BCUT2D eigenvalue weighted by atomic mass is 35.5. The monoisotopic (exact) mass is 472 g/mol. The first-order valence-corrected chi connectivity index (χ1v) is 10.3. The number of fused-ring (bicyclic) bond motifs is 2. The van der Waals surface area contributed by atoms with Crippen LogP contribution in [0.25, 0.3) is 32.8 Å². The molecule has 0 aliphatic carbocycles. The molecule has 0 amide bonds. The number of ether oxygens (including phenoxy) is 1. The fourth-order valence-corrected chi connectivity index (χ4v) is 4.44. The molecule has 0 fully saturated rings. The van der Waals surface area contributed by atoms with Crippen LogP contribution < -0.4 is 0 Å². The Balaban J connectivity index is 2.08. The summed E-state index contributed by atoms with van der Waals surface area (Å²) in [6, 6.07) is 14.0. The third kappa shape index (κ3) is 3.47. The lowest BCUT2D eigenvalue weighted by Gasteiger charge is -2.15. The minimum atomic E-state index is -0.764. The maximum absolute atomic E-state index is 15.8. The Hall–Kier alpha value is -2.91. The summed E-state index contributed by atoms with van der Waals surface area (Å²) < 4.78 is 20.7. The molecule has 1 heterocycles. The molecule has 0 bridgehead atoms. The highest BCUT2D eigenvalue weighted by Crippen LogP contribution is 2.42. The van der Waals surface area contributed by atoms with Crippen molar-refractivity contribution >= 4 is 62.4 Å². The SMILES string of the molecule is CCOC(=O)c1c(Cl)nc2c(F)c(-c3cccc4cccc(C#N)c34)c(Cl)cc2c1Cl. The van der Waals surface area contributed by atoms with Crippen molar-refractivity contribution in [3.8, 4) is 17.2 Å². The number of halogens is 4. The first kappa shape index (κ1) is 21.3.